The molecule has 0 aliphatic rings. The number of rotatable bonds is 9. The molecule has 0 aromatic carbocycles. The molecule has 0 saturated carbocycles. The van der Waals surface area contributed by atoms with E-state index in [2.05, 4.69) is 0 Å². The zero-order valence-electron chi connectivity index (χ0n) is 14.9. The fourth-order valence-electron chi connectivity index (χ4n) is 2.16. The molecule has 1 unspecified atom stereocenters. The lowest BCUT2D eigenvalue weighted by Gasteiger charge is -2.41. The first-order chi connectivity index (χ1) is 13.7. The maximum atomic E-state index is 14.5. The second-order valence-corrected chi connectivity index (χ2v) is 7.92. The van der Waals surface area contributed by atoms with Crippen molar-refractivity contribution >= 4 is 28.2 Å². The lowest BCUT2D eigenvalue weighted by molar-refractivity contribution is -0.441. The molecule has 0 N–H and O–H groups in total. The second-order valence-electron chi connectivity index (χ2n) is 6.06. The van der Waals surface area contributed by atoms with Crippen molar-refractivity contribution in [1.29, 1.82) is 0 Å². The van der Waals surface area contributed by atoms with Gasteiger partial charge in [-0.05, 0) is 22.4 Å². The van der Waals surface area contributed by atoms with E-state index >= 15 is 0 Å². The molecule has 0 bridgehead atoms. The van der Waals surface area contributed by atoms with Crippen LogP contribution in [0.25, 0.3) is 0 Å². The van der Waals surface area contributed by atoms with Gasteiger partial charge >= 0.3 is 35.8 Å². The normalized spacial score (nSPS) is 15.8. The van der Waals surface area contributed by atoms with Gasteiger partial charge in [-0.2, -0.15) is 68.4 Å². The fraction of sp³-hybridized carbons (Fsp3) is 0.667. The van der Waals surface area contributed by atoms with Crippen molar-refractivity contribution in [3.63, 3.8) is 0 Å². The maximum absolute atomic E-state index is 14.5. The molecule has 0 radical (unpaired) electrons. The van der Waals surface area contributed by atoms with Crippen LogP contribution in [0.4, 0.5) is 57.1 Å². The molecule has 0 saturated heterocycles. The van der Waals surface area contributed by atoms with Gasteiger partial charge in [0, 0.05) is 12.2 Å². The van der Waals surface area contributed by atoms with Crippen LogP contribution in [0.15, 0.2) is 16.8 Å². The van der Waals surface area contributed by atoms with Gasteiger partial charge in [-0.1, -0.05) is 18.7 Å². The van der Waals surface area contributed by atoms with Crippen LogP contribution in [0.1, 0.15) is 24.8 Å². The number of hydrogen-bond donors (Lipinski definition) is 0. The fourth-order valence-corrected chi connectivity index (χ4v) is 3.84. The third-order valence-corrected chi connectivity index (χ3v) is 5.85. The maximum Gasteiger partial charge on any atom is 0.460 e. The van der Waals surface area contributed by atoms with Crippen LogP contribution in [0.5, 0.6) is 0 Å². The van der Waals surface area contributed by atoms with E-state index < -0.39 is 58.1 Å². The summed E-state index contributed by atoms with van der Waals surface area (Å²) in [6.07, 6.45) is -7.78. The zero-order chi connectivity index (χ0) is 24.7. The summed E-state index contributed by atoms with van der Waals surface area (Å²) in [6, 6.07) is 0.691. The molecule has 0 fully saturated rings. The molecule has 1 heterocycles. The lowest BCUT2D eigenvalue weighted by atomic mass is 9.85. The largest absolute Gasteiger partial charge is 0.460 e. The van der Waals surface area contributed by atoms with Crippen molar-refractivity contribution in [2.24, 2.45) is 0 Å². The van der Waals surface area contributed by atoms with E-state index in [0.717, 1.165) is 5.38 Å². The number of halogens is 13. The Bertz CT molecular complexity index is 755. The molecule has 1 aromatic heterocycles. The monoisotopic (exact) mass is 518 g/mol. The van der Waals surface area contributed by atoms with Gasteiger partial charge in [0.05, 0.1) is 5.92 Å². The highest BCUT2D eigenvalue weighted by Crippen LogP contribution is 2.62. The average Bonchev–Trinajstić information content (AvgIpc) is 3.13. The Kier molecular flexibility index (Phi) is 7.75. The van der Waals surface area contributed by atoms with Gasteiger partial charge in [0.2, 0.25) is 0 Å². The molecule has 16 heteroatoms. The van der Waals surface area contributed by atoms with Crippen molar-refractivity contribution in [3.05, 3.63) is 22.4 Å². The molecule has 1 atom stereocenters. The van der Waals surface area contributed by atoms with Gasteiger partial charge in [-0.15, -0.1) is 0 Å². The summed E-state index contributed by atoms with van der Waals surface area (Å²) in [6.45, 7) is 1.22. The predicted octanol–water partition coefficient (Wildman–Crippen LogP) is 7.24. The van der Waals surface area contributed by atoms with Crippen molar-refractivity contribution in [2.75, 3.05) is 5.75 Å². The van der Waals surface area contributed by atoms with Crippen molar-refractivity contribution in [1.82, 2.24) is 0 Å². The number of thiophene rings is 1. The third kappa shape index (κ3) is 4.50. The van der Waals surface area contributed by atoms with E-state index in [9.17, 15) is 61.9 Å². The number of alkyl halides is 13. The molecule has 31 heavy (non-hydrogen) atoms. The highest BCUT2D eigenvalue weighted by Gasteiger charge is 2.91. The Hall–Kier alpha value is -1.19. The summed E-state index contributed by atoms with van der Waals surface area (Å²) in [5.41, 5.74) is -0.840. The Morgan fingerprint density at radius 3 is 1.74 bits per heavy atom. The number of thioether (sulfide) groups is 1. The number of carbonyl (C=O) groups excluding carboxylic acids is 1. The summed E-state index contributed by atoms with van der Waals surface area (Å²) in [4.78, 5) is 11.3. The van der Waals surface area contributed by atoms with Crippen LogP contribution >= 0.6 is 23.1 Å². The Labute approximate surface area is 174 Å². The molecule has 1 nitrogen and oxygen atoms in total. The highest BCUT2D eigenvalue weighted by atomic mass is 32.2. The summed E-state index contributed by atoms with van der Waals surface area (Å²) in [5.74, 6) is -41.7. The van der Waals surface area contributed by atoms with E-state index in [1.165, 1.54) is 6.92 Å². The highest BCUT2D eigenvalue weighted by molar-refractivity contribution is 8.13. The summed E-state index contributed by atoms with van der Waals surface area (Å²) >= 11 is 0.524. The van der Waals surface area contributed by atoms with Crippen molar-refractivity contribution < 1.29 is 61.9 Å². The van der Waals surface area contributed by atoms with E-state index in [0.29, 0.717) is 22.8 Å². The van der Waals surface area contributed by atoms with Crippen molar-refractivity contribution in [2.45, 2.75) is 55.1 Å². The molecule has 1 rings (SSSR count). The van der Waals surface area contributed by atoms with Gasteiger partial charge in [0.1, 0.15) is 0 Å². The van der Waals surface area contributed by atoms with Crippen LogP contribution in [0, 0.1) is 0 Å². The van der Waals surface area contributed by atoms with Gasteiger partial charge < -0.3 is 0 Å². The smallest absolute Gasteiger partial charge is 0.287 e. The van der Waals surface area contributed by atoms with Gasteiger partial charge in [-0.3, -0.25) is 4.79 Å². The molecule has 0 amide bonds. The predicted molar refractivity (Wildman–Crippen MR) is 85.6 cm³/mol. The minimum absolute atomic E-state index is 0.0545. The summed E-state index contributed by atoms with van der Waals surface area (Å²) < 4.78 is 174. The number of hydrogen-bond acceptors (Lipinski definition) is 3. The molecule has 0 aliphatic heterocycles. The van der Waals surface area contributed by atoms with Crippen LogP contribution in [0.3, 0.4) is 0 Å². The first-order valence-corrected chi connectivity index (χ1v) is 9.76. The summed E-state index contributed by atoms with van der Waals surface area (Å²) in [7, 11) is 0. The lowest BCUT2D eigenvalue weighted by Crippen LogP contribution is -2.70. The van der Waals surface area contributed by atoms with E-state index in [4.69, 9.17) is 0 Å². The van der Waals surface area contributed by atoms with Gasteiger partial charge in [0.15, 0.2) is 5.12 Å². The third-order valence-electron chi connectivity index (χ3n) is 4.04. The van der Waals surface area contributed by atoms with Crippen LogP contribution in [-0.4, -0.2) is 46.7 Å². The van der Waals surface area contributed by atoms with Gasteiger partial charge in [-0.25, -0.2) is 0 Å². The van der Waals surface area contributed by atoms with E-state index in [1.54, 1.807) is 0 Å². The molecule has 1 aromatic rings. The van der Waals surface area contributed by atoms with Gasteiger partial charge in [0.25, 0.3) is 0 Å². The summed E-state index contributed by atoms with van der Waals surface area (Å²) in [5, 5.41) is 0.819. The second kappa shape index (κ2) is 8.63. The topological polar surface area (TPSA) is 17.1 Å². The minimum atomic E-state index is -7.95. The van der Waals surface area contributed by atoms with E-state index in [1.807, 2.05) is 0 Å². The Balaban J connectivity index is 3.55. The standard InChI is InChI=1S/C15H11F13OS2/c1-2-9(29)31-6-8(7-3-4-30-5-7)10(16,17)11(18,19)12(20,21)13(22,23)14(24,25)15(26,27)28/h3-5,8H,2,6H2,1H3. The van der Waals surface area contributed by atoms with Crippen molar-refractivity contribution in [3.8, 4) is 0 Å². The van der Waals surface area contributed by atoms with Crippen LogP contribution < -0.4 is 0 Å². The first-order valence-electron chi connectivity index (χ1n) is 7.83. The minimum Gasteiger partial charge on any atom is -0.287 e. The molecular weight excluding hydrogens is 507 g/mol. The number of carbonyl (C=O) groups is 1. The Morgan fingerprint density at radius 2 is 1.35 bits per heavy atom. The molecule has 0 aliphatic carbocycles. The van der Waals surface area contributed by atoms with Crippen LogP contribution in [-0.2, 0) is 4.79 Å². The zero-order valence-corrected chi connectivity index (χ0v) is 16.5. The first kappa shape index (κ1) is 27.8. The SMILES string of the molecule is CCC(=O)SCC(c1ccsc1)C(F)(F)C(F)(F)C(F)(F)C(F)(F)C(F)(F)C(F)(F)F. The van der Waals surface area contributed by atoms with Crippen LogP contribution in [0.2, 0.25) is 0 Å². The Morgan fingerprint density at radius 1 is 0.871 bits per heavy atom. The quantitative estimate of drug-likeness (QED) is 0.321. The van der Waals surface area contributed by atoms with E-state index in [-0.39, 0.29) is 18.2 Å². The molecular formula is C15H11F13OS2. The average molecular weight is 518 g/mol. The molecule has 0 spiro atoms. The molecule has 180 valence electrons.